The first kappa shape index (κ1) is 9.90. The van der Waals surface area contributed by atoms with Crippen molar-refractivity contribution in [2.75, 3.05) is 6.61 Å². The van der Waals surface area contributed by atoms with Gasteiger partial charge in [0.25, 0.3) is 0 Å². The summed E-state index contributed by atoms with van der Waals surface area (Å²) in [7, 11) is -4.57. The van der Waals surface area contributed by atoms with Gasteiger partial charge in [-0.1, -0.05) is 0 Å². The maximum absolute atomic E-state index is 11.0. The molecule has 1 heterocycles. The highest BCUT2D eigenvalue weighted by atomic mass is 32.3. The molecule has 0 spiro atoms. The van der Waals surface area contributed by atoms with Crippen molar-refractivity contribution in [1.82, 2.24) is 0 Å². The summed E-state index contributed by atoms with van der Waals surface area (Å²) < 4.78 is 36.7. The first-order valence-electron chi connectivity index (χ1n) is 3.17. The molecule has 0 radical (unpaired) electrons. The third kappa shape index (κ3) is 3.36. The molecule has 0 aliphatic heterocycles. The molecule has 0 bridgehead atoms. The molecule has 0 aliphatic carbocycles. The molecule has 1 aromatic heterocycles. The molecule has 0 aliphatic rings. The zero-order chi connectivity index (χ0) is 9.90. The van der Waals surface area contributed by atoms with Crippen LogP contribution >= 0.6 is 0 Å². The molecule has 0 saturated carbocycles. The molecule has 1 N–H and O–H groups in total. The SMILES string of the molecule is O=C(COS(=O)(=O)O)c1ccco1. The van der Waals surface area contributed by atoms with Crippen molar-refractivity contribution in [1.29, 1.82) is 0 Å². The van der Waals surface area contributed by atoms with Crippen LogP contribution in [0.15, 0.2) is 22.8 Å². The molecule has 72 valence electrons. The van der Waals surface area contributed by atoms with E-state index in [0.29, 0.717) is 0 Å². The van der Waals surface area contributed by atoms with E-state index >= 15 is 0 Å². The second-order valence-electron chi connectivity index (χ2n) is 2.09. The van der Waals surface area contributed by atoms with Gasteiger partial charge in [0, 0.05) is 0 Å². The lowest BCUT2D eigenvalue weighted by atomic mass is 10.3. The van der Waals surface area contributed by atoms with Crippen molar-refractivity contribution < 1.29 is 26.4 Å². The van der Waals surface area contributed by atoms with Gasteiger partial charge in [-0.3, -0.25) is 9.35 Å². The van der Waals surface area contributed by atoms with Crippen molar-refractivity contribution in [2.24, 2.45) is 0 Å². The van der Waals surface area contributed by atoms with Crippen molar-refractivity contribution in [3.05, 3.63) is 24.2 Å². The Labute approximate surface area is 74.1 Å². The smallest absolute Gasteiger partial charge is 0.397 e. The molecule has 0 amide bonds. The number of Topliss-reactive ketones (excluding diaryl/α,β-unsaturated/α-hetero) is 1. The fraction of sp³-hybridized carbons (Fsp3) is 0.167. The first-order chi connectivity index (χ1) is 5.99. The van der Waals surface area contributed by atoms with E-state index in [-0.39, 0.29) is 5.76 Å². The van der Waals surface area contributed by atoms with Crippen LogP contribution in [0.5, 0.6) is 0 Å². The standard InChI is InChI=1S/C6H6O6S/c7-5(4-12-13(8,9)10)6-2-1-3-11-6/h1-3H,4H2,(H,8,9,10). The molecule has 0 atom stereocenters. The zero-order valence-electron chi connectivity index (χ0n) is 6.34. The van der Waals surface area contributed by atoms with E-state index in [0.717, 1.165) is 0 Å². The Bertz CT molecular complexity index is 375. The van der Waals surface area contributed by atoms with Crippen LogP contribution in [0.4, 0.5) is 0 Å². The average molecular weight is 206 g/mol. The molecule has 1 rings (SSSR count). The summed E-state index contributed by atoms with van der Waals surface area (Å²) in [4.78, 5) is 11.0. The van der Waals surface area contributed by atoms with Gasteiger partial charge in [0.05, 0.1) is 6.26 Å². The summed E-state index contributed by atoms with van der Waals surface area (Å²) in [5.74, 6) is -0.689. The number of carbonyl (C=O) groups excluding carboxylic acids is 1. The van der Waals surface area contributed by atoms with E-state index in [1.54, 1.807) is 0 Å². The molecule has 0 fully saturated rings. The number of ketones is 1. The molecule has 1 aromatic rings. The van der Waals surface area contributed by atoms with Crippen molar-refractivity contribution in [3.63, 3.8) is 0 Å². The van der Waals surface area contributed by atoms with Gasteiger partial charge in [-0.05, 0) is 12.1 Å². The minimum atomic E-state index is -4.57. The van der Waals surface area contributed by atoms with Gasteiger partial charge in [-0.2, -0.15) is 8.42 Å². The van der Waals surface area contributed by atoms with Crippen LogP contribution in [0.25, 0.3) is 0 Å². The van der Waals surface area contributed by atoms with Gasteiger partial charge in [-0.15, -0.1) is 0 Å². The van der Waals surface area contributed by atoms with E-state index in [1.165, 1.54) is 18.4 Å². The van der Waals surface area contributed by atoms with Gasteiger partial charge < -0.3 is 4.42 Å². The molecular weight excluding hydrogens is 200 g/mol. The van der Waals surface area contributed by atoms with Gasteiger partial charge in [0.2, 0.25) is 5.78 Å². The van der Waals surface area contributed by atoms with E-state index in [9.17, 15) is 13.2 Å². The summed E-state index contributed by atoms with van der Waals surface area (Å²) in [5, 5.41) is 0. The lowest BCUT2D eigenvalue weighted by molar-refractivity contribution is 0.0886. The highest BCUT2D eigenvalue weighted by Gasteiger charge is 2.13. The minimum absolute atomic E-state index is 0.0244. The maximum atomic E-state index is 11.0. The first-order valence-corrected chi connectivity index (χ1v) is 4.54. The third-order valence-corrected chi connectivity index (χ3v) is 1.55. The molecule has 13 heavy (non-hydrogen) atoms. The second-order valence-corrected chi connectivity index (χ2v) is 3.18. The van der Waals surface area contributed by atoms with Crippen LogP contribution < -0.4 is 0 Å². The van der Waals surface area contributed by atoms with Gasteiger partial charge >= 0.3 is 10.4 Å². The largest absolute Gasteiger partial charge is 0.461 e. The van der Waals surface area contributed by atoms with Crippen LogP contribution in [0, 0.1) is 0 Å². The molecular formula is C6H6O6S. The highest BCUT2D eigenvalue weighted by molar-refractivity contribution is 7.80. The van der Waals surface area contributed by atoms with E-state index in [4.69, 9.17) is 4.55 Å². The lowest BCUT2D eigenvalue weighted by Crippen LogP contribution is -2.12. The monoisotopic (exact) mass is 206 g/mol. The number of hydrogen-bond acceptors (Lipinski definition) is 5. The van der Waals surface area contributed by atoms with Gasteiger partial charge in [-0.25, -0.2) is 4.18 Å². The van der Waals surface area contributed by atoms with Gasteiger partial charge in [0.15, 0.2) is 5.76 Å². The van der Waals surface area contributed by atoms with Crippen molar-refractivity contribution in [3.8, 4) is 0 Å². The molecule has 7 heteroatoms. The molecule has 0 aromatic carbocycles. The predicted octanol–water partition coefficient (Wildman–Crippen LogP) is 0.282. The van der Waals surface area contributed by atoms with Crippen LogP contribution in [0.2, 0.25) is 0 Å². The summed E-state index contributed by atoms with van der Waals surface area (Å²) in [6, 6.07) is 2.83. The summed E-state index contributed by atoms with van der Waals surface area (Å²) >= 11 is 0. The van der Waals surface area contributed by atoms with E-state index in [1.807, 2.05) is 0 Å². The Hall–Kier alpha value is -1.18. The Kier molecular flexibility index (Phi) is 2.81. The number of carbonyl (C=O) groups is 1. The Morgan fingerprint density at radius 2 is 2.31 bits per heavy atom. The lowest BCUT2D eigenvalue weighted by Gasteiger charge is -1.95. The van der Waals surface area contributed by atoms with E-state index in [2.05, 4.69) is 8.60 Å². The van der Waals surface area contributed by atoms with Gasteiger partial charge in [0.1, 0.15) is 6.61 Å². The molecule has 0 unspecified atom stereocenters. The summed E-state index contributed by atoms with van der Waals surface area (Å²) in [6.07, 6.45) is 1.26. The maximum Gasteiger partial charge on any atom is 0.397 e. The Morgan fingerprint density at radius 3 is 2.77 bits per heavy atom. The number of rotatable bonds is 4. The van der Waals surface area contributed by atoms with Crippen LogP contribution in [-0.2, 0) is 14.6 Å². The highest BCUT2D eigenvalue weighted by Crippen LogP contribution is 2.02. The fourth-order valence-corrected chi connectivity index (χ4v) is 0.892. The summed E-state index contributed by atoms with van der Waals surface area (Å²) in [6.45, 7) is -0.771. The Balaban J connectivity index is 2.53. The topological polar surface area (TPSA) is 93.8 Å². The zero-order valence-corrected chi connectivity index (χ0v) is 7.15. The predicted molar refractivity (Wildman–Crippen MR) is 40.5 cm³/mol. The van der Waals surface area contributed by atoms with Crippen LogP contribution in [0.1, 0.15) is 10.6 Å². The summed E-state index contributed by atoms with van der Waals surface area (Å²) in [5.41, 5.74) is 0. The Morgan fingerprint density at radius 1 is 1.62 bits per heavy atom. The number of furan rings is 1. The van der Waals surface area contributed by atoms with Crippen molar-refractivity contribution >= 4 is 16.2 Å². The quantitative estimate of drug-likeness (QED) is 0.561. The number of hydrogen-bond donors (Lipinski definition) is 1. The van der Waals surface area contributed by atoms with Crippen molar-refractivity contribution in [2.45, 2.75) is 0 Å². The normalized spacial score (nSPS) is 11.5. The second kappa shape index (κ2) is 3.69. The minimum Gasteiger partial charge on any atom is -0.461 e. The van der Waals surface area contributed by atoms with E-state index < -0.39 is 22.8 Å². The molecule has 0 saturated heterocycles. The van der Waals surface area contributed by atoms with Crippen LogP contribution in [0.3, 0.4) is 0 Å². The third-order valence-electron chi connectivity index (χ3n) is 1.13. The molecule has 6 nitrogen and oxygen atoms in total. The fourth-order valence-electron chi connectivity index (χ4n) is 0.636. The van der Waals surface area contributed by atoms with Crippen LogP contribution in [-0.4, -0.2) is 25.4 Å². The average Bonchev–Trinajstić information content (AvgIpc) is 2.50.